The summed E-state index contributed by atoms with van der Waals surface area (Å²) in [5.41, 5.74) is 6.87. The van der Waals surface area contributed by atoms with E-state index in [1.807, 2.05) is 18.2 Å². The van der Waals surface area contributed by atoms with Crippen LogP contribution in [0.3, 0.4) is 0 Å². The average Bonchev–Trinajstić information content (AvgIpc) is 2.31. The highest BCUT2D eigenvalue weighted by Crippen LogP contribution is 2.28. The number of hydrogen-bond donors (Lipinski definition) is 2. The minimum Gasteiger partial charge on any atom is -0.397 e. The van der Waals surface area contributed by atoms with Gasteiger partial charge in [0.1, 0.15) is 0 Å². The molecule has 94 valence electrons. The molecule has 18 heavy (non-hydrogen) atoms. The van der Waals surface area contributed by atoms with Crippen LogP contribution in [0, 0.1) is 15.2 Å². The highest BCUT2D eigenvalue weighted by atomic mass is 127. The highest BCUT2D eigenvalue weighted by Gasteiger charge is 2.08. The predicted octanol–water partition coefficient (Wildman–Crippen LogP) is 4.66. The van der Waals surface area contributed by atoms with Gasteiger partial charge in [-0.15, -0.1) is 0 Å². The highest BCUT2D eigenvalue weighted by molar-refractivity contribution is 14.1. The molecule has 2 rings (SSSR count). The van der Waals surface area contributed by atoms with Crippen molar-refractivity contribution >= 4 is 55.6 Å². The van der Waals surface area contributed by atoms with Crippen LogP contribution in [0.1, 0.15) is 0 Å². The van der Waals surface area contributed by atoms with E-state index in [-0.39, 0.29) is 5.69 Å². The van der Waals surface area contributed by atoms with E-state index in [1.54, 1.807) is 0 Å². The molecule has 0 bridgehead atoms. The molecule has 2 aromatic rings. The van der Waals surface area contributed by atoms with Crippen molar-refractivity contribution < 1.29 is 8.78 Å². The van der Waals surface area contributed by atoms with E-state index in [2.05, 4.69) is 43.8 Å². The number of benzene rings is 2. The molecule has 0 saturated heterocycles. The van der Waals surface area contributed by atoms with Gasteiger partial charge >= 0.3 is 0 Å². The lowest BCUT2D eigenvalue weighted by Crippen LogP contribution is -1.99. The van der Waals surface area contributed by atoms with E-state index in [0.29, 0.717) is 5.69 Å². The topological polar surface area (TPSA) is 38.0 Å². The van der Waals surface area contributed by atoms with E-state index in [9.17, 15) is 8.78 Å². The molecule has 0 fully saturated rings. The maximum atomic E-state index is 13.1. The van der Waals surface area contributed by atoms with Gasteiger partial charge in [0, 0.05) is 25.9 Å². The van der Waals surface area contributed by atoms with Crippen LogP contribution in [0.25, 0.3) is 0 Å². The van der Waals surface area contributed by atoms with E-state index >= 15 is 0 Å². The molecule has 0 aliphatic heterocycles. The van der Waals surface area contributed by atoms with Crippen LogP contribution < -0.4 is 11.1 Å². The molecule has 0 spiro atoms. The Balaban J connectivity index is 2.34. The molecule has 0 amide bonds. The molecule has 6 heteroatoms. The predicted molar refractivity (Wildman–Crippen MR) is 80.9 cm³/mol. The zero-order valence-electron chi connectivity index (χ0n) is 8.98. The Morgan fingerprint density at radius 2 is 1.78 bits per heavy atom. The summed E-state index contributed by atoms with van der Waals surface area (Å²) in [4.78, 5) is 0. The van der Waals surface area contributed by atoms with Gasteiger partial charge in [-0.2, -0.15) is 0 Å². The molecule has 3 N–H and O–H groups in total. The zero-order chi connectivity index (χ0) is 13.3. The van der Waals surface area contributed by atoms with Gasteiger partial charge < -0.3 is 11.1 Å². The molecule has 0 unspecified atom stereocenters. The molecule has 2 nitrogen and oxygen atoms in total. The number of nitrogens with two attached hydrogens (primary N) is 1. The third-order valence-electron chi connectivity index (χ3n) is 2.29. The summed E-state index contributed by atoms with van der Waals surface area (Å²) >= 11 is 5.54. The van der Waals surface area contributed by atoms with Crippen molar-refractivity contribution in [2.75, 3.05) is 11.1 Å². The monoisotopic (exact) mass is 424 g/mol. The van der Waals surface area contributed by atoms with Crippen molar-refractivity contribution in [2.24, 2.45) is 0 Å². The van der Waals surface area contributed by atoms with Gasteiger partial charge in [0.15, 0.2) is 11.6 Å². The second kappa shape index (κ2) is 5.40. The van der Waals surface area contributed by atoms with E-state index < -0.39 is 11.6 Å². The molecular formula is C12H8BrF2IN2. The second-order valence-corrected chi connectivity index (χ2v) is 5.62. The van der Waals surface area contributed by atoms with Crippen molar-refractivity contribution in [1.29, 1.82) is 0 Å². The fourth-order valence-corrected chi connectivity index (χ4v) is 2.16. The number of rotatable bonds is 2. The lowest BCUT2D eigenvalue weighted by Gasteiger charge is -2.10. The van der Waals surface area contributed by atoms with Gasteiger partial charge in [0.05, 0.1) is 11.4 Å². The fraction of sp³-hybridized carbons (Fsp3) is 0. The summed E-state index contributed by atoms with van der Waals surface area (Å²) in [6.45, 7) is 0. The number of nitrogens with one attached hydrogen (secondary N) is 1. The van der Waals surface area contributed by atoms with Crippen LogP contribution in [0.2, 0.25) is 0 Å². The normalized spacial score (nSPS) is 10.4. The van der Waals surface area contributed by atoms with Crippen molar-refractivity contribution in [3.63, 3.8) is 0 Å². The van der Waals surface area contributed by atoms with E-state index in [1.165, 1.54) is 0 Å². The average molecular weight is 425 g/mol. The Morgan fingerprint density at radius 3 is 2.44 bits per heavy atom. The minimum absolute atomic E-state index is 0.159. The van der Waals surface area contributed by atoms with E-state index in [4.69, 9.17) is 5.73 Å². The number of nitrogen functional groups attached to an aromatic ring is 1. The molecule has 0 radical (unpaired) electrons. The van der Waals surface area contributed by atoms with Gasteiger partial charge in [-0.1, -0.05) is 0 Å². The Morgan fingerprint density at radius 1 is 1.11 bits per heavy atom. The quantitative estimate of drug-likeness (QED) is 0.543. The number of hydrogen-bond acceptors (Lipinski definition) is 2. The molecular weight excluding hydrogens is 417 g/mol. The van der Waals surface area contributed by atoms with Crippen molar-refractivity contribution in [3.05, 3.63) is 50.0 Å². The largest absolute Gasteiger partial charge is 0.397 e. The van der Waals surface area contributed by atoms with Crippen LogP contribution in [0.15, 0.2) is 34.8 Å². The summed E-state index contributed by atoms with van der Waals surface area (Å²) < 4.78 is 28.0. The maximum Gasteiger partial charge on any atom is 0.161 e. The summed E-state index contributed by atoms with van der Waals surface area (Å²) in [7, 11) is 0. The lowest BCUT2D eigenvalue weighted by molar-refractivity contribution is 0.509. The summed E-state index contributed by atoms with van der Waals surface area (Å²) in [6, 6.07) is 7.54. The first-order chi connectivity index (χ1) is 8.47. The SMILES string of the molecule is Nc1cc(F)c(F)cc1Nc1ccc(Br)c(I)c1. The number of anilines is 3. The summed E-state index contributed by atoms with van der Waals surface area (Å²) in [6.07, 6.45) is 0. The van der Waals surface area contributed by atoms with Crippen molar-refractivity contribution in [3.8, 4) is 0 Å². The molecule has 0 aliphatic rings. The molecule has 0 aliphatic carbocycles. The third kappa shape index (κ3) is 2.92. The molecule has 0 aromatic heterocycles. The van der Waals surface area contributed by atoms with Gasteiger partial charge in [0.2, 0.25) is 0 Å². The van der Waals surface area contributed by atoms with Crippen molar-refractivity contribution in [1.82, 2.24) is 0 Å². The summed E-state index contributed by atoms with van der Waals surface area (Å²) in [5.74, 6) is -1.89. The minimum atomic E-state index is -0.955. The maximum absolute atomic E-state index is 13.1. The lowest BCUT2D eigenvalue weighted by atomic mass is 10.2. The smallest absolute Gasteiger partial charge is 0.161 e. The van der Waals surface area contributed by atoms with Gasteiger partial charge in [-0.05, 0) is 56.7 Å². The first kappa shape index (κ1) is 13.5. The Bertz CT molecular complexity index is 605. The first-order valence-electron chi connectivity index (χ1n) is 4.94. The van der Waals surface area contributed by atoms with Crippen molar-refractivity contribution in [2.45, 2.75) is 0 Å². The standard InChI is InChI=1S/C12H8BrF2IN2/c13-7-2-1-6(3-10(7)16)18-12-5-9(15)8(14)4-11(12)17/h1-5,18H,17H2. The van der Waals surface area contributed by atoms with Gasteiger partial charge in [-0.25, -0.2) is 8.78 Å². The molecule has 0 saturated carbocycles. The fourth-order valence-electron chi connectivity index (χ4n) is 1.40. The molecule has 2 aromatic carbocycles. The first-order valence-corrected chi connectivity index (χ1v) is 6.81. The molecule has 0 atom stereocenters. The van der Waals surface area contributed by atoms with Gasteiger partial charge in [-0.3, -0.25) is 0 Å². The zero-order valence-corrected chi connectivity index (χ0v) is 12.7. The molecule has 0 heterocycles. The Hall–Kier alpha value is -0.890. The van der Waals surface area contributed by atoms with Crippen LogP contribution >= 0.6 is 38.5 Å². The number of halogens is 4. The van der Waals surface area contributed by atoms with E-state index in [0.717, 1.165) is 25.9 Å². The van der Waals surface area contributed by atoms with Crippen LogP contribution in [-0.2, 0) is 0 Å². The van der Waals surface area contributed by atoms with Gasteiger partial charge in [0.25, 0.3) is 0 Å². The van der Waals surface area contributed by atoms with Crippen LogP contribution in [0.5, 0.6) is 0 Å². The Labute approximate surface area is 125 Å². The third-order valence-corrected chi connectivity index (χ3v) is 4.62. The van der Waals surface area contributed by atoms with Crippen LogP contribution in [0.4, 0.5) is 25.8 Å². The summed E-state index contributed by atoms with van der Waals surface area (Å²) in [5, 5.41) is 2.95. The second-order valence-electron chi connectivity index (χ2n) is 3.61. The Kier molecular flexibility index (Phi) is 4.06. The van der Waals surface area contributed by atoms with Crippen LogP contribution in [-0.4, -0.2) is 0 Å².